The topological polar surface area (TPSA) is 84.6 Å². The predicted molar refractivity (Wildman–Crippen MR) is 42.4 cm³/mol. The van der Waals surface area contributed by atoms with Crippen LogP contribution in [0, 0.1) is 5.92 Å². The molecule has 1 amide bonds. The summed E-state index contributed by atoms with van der Waals surface area (Å²) in [5.41, 5.74) is 0. The largest absolute Gasteiger partial charge is 0.465 e. The van der Waals surface area contributed by atoms with Gasteiger partial charge in [0.25, 0.3) is 0 Å². The lowest BCUT2D eigenvalue weighted by Crippen LogP contribution is -2.27. The van der Waals surface area contributed by atoms with E-state index >= 15 is 0 Å². The maximum absolute atomic E-state index is 10.1. The number of hydrogen-bond acceptors (Lipinski definition) is 3. The average molecular weight is 174 g/mol. The van der Waals surface area contributed by atoms with Crippen LogP contribution in [-0.2, 0) is 4.84 Å². The molecule has 0 aromatic carbocycles. The second-order valence-corrected chi connectivity index (χ2v) is 3.12. The molecule has 1 aliphatic rings. The lowest BCUT2D eigenvalue weighted by molar-refractivity contribution is 0.0558. The molecule has 5 heteroatoms. The van der Waals surface area contributed by atoms with Crippen LogP contribution < -0.4 is 11.2 Å². The summed E-state index contributed by atoms with van der Waals surface area (Å²) < 4.78 is 0. The van der Waals surface area contributed by atoms with Crippen LogP contribution in [0.15, 0.2) is 0 Å². The van der Waals surface area contributed by atoms with E-state index in [-0.39, 0.29) is 6.10 Å². The molecule has 1 aliphatic carbocycles. The highest BCUT2D eigenvalue weighted by Crippen LogP contribution is 2.26. The van der Waals surface area contributed by atoms with E-state index in [9.17, 15) is 4.79 Å². The van der Waals surface area contributed by atoms with Gasteiger partial charge in [-0.1, -0.05) is 0 Å². The predicted octanol–water partition coefficient (Wildman–Crippen LogP) is 0.313. The third kappa shape index (κ3) is 2.67. The normalized spacial score (nSPS) is 28.8. The van der Waals surface area contributed by atoms with E-state index in [0.717, 1.165) is 19.3 Å². The van der Waals surface area contributed by atoms with Gasteiger partial charge in [0.05, 0.1) is 6.10 Å². The average Bonchev–Trinajstić information content (AvgIpc) is 2.48. The van der Waals surface area contributed by atoms with E-state index in [0.29, 0.717) is 12.5 Å². The third-order valence-corrected chi connectivity index (χ3v) is 2.23. The van der Waals surface area contributed by atoms with Crippen LogP contribution in [-0.4, -0.2) is 23.8 Å². The van der Waals surface area contributed by atoms with Crippen LogP contribution in [0.2, 0.25) is 0 Å². The monoisotopic (exact) mass is 174 g/mol. The van der Waals surface area contributed by atoms with Gasteiger partial charge in [-0.15, -0.1) is 0 Å². The molecule has 1 rings (SSSR count). The van der Waals surface area contributed by atoms with Crippen molar-refractivity contribution in [1.29, 1.82) is 0 Å². The Morgan fingerprint density at radius 3 is 2.92 bits per heavy atom. The molecule has 1 fully saturated rings. The Bertz CT molecular complexity index is 163. The first-order chi connectivity index (χ1) is 5.72. The number of nitrogens with two attached hydrogens (primary N) is 1. The number of carboxylic acid groups (broad SMARTS) is 1. The highest BCUT2D eigenvalue weighted by Gasteiger charge is 2.24. The zero-order valence-corrected chi connectivity index (χ0v) is 6.82. The quantitative estimate of drug-likeness (QED) is 0.538. The maximum Gasteiger partial charge on any atom is 0.404 e. The lowest BCUT2D eigenvalue weighted by Gasteiger charge is -2.08. The Morgan fingerprint density at radius 2 is 2.42 bits per heavy atom. The van der Waals surface area contributed by atoms with Crippen LogP contribution in [0.5, 0.6) is 0 Å². The second kappa shape index (κ2) is 4.27. The molecule has 4 N–H and O–H groups in total. The molecule has 5 nitrogen and oxygen atoms in total. The van der Waals surface area contributed by atoms with E-state index in [1.54, 1.807) is 0 Å². The molecule has 0 radical (unpaired) electrons. The van der Waals surface area contributed by atoms with Gasteiger partial charge in [-0.3, -0.25) is 0 Å². The fourth-order valence-electron chi connectivity index (χ4n) is 1.57. The molecule has 70 valence electrons. The first-order valence-electron chi connectivity index (χ1n) is 4.04. The molecule has 0 aromatic heterocycles. The van der Waals surface area contributed by atoms with Crippen molar-refractivity contribution in [3.8, 4) is 0 Å². The van der Waals surface area contributed by atoms with E-state index in [4.69, 9.17) is 11.0 Å². The fourth-order valence-corrected chi connectivity index (χ4v) is 1.57. The van der Waals surface area contributed by atoms with Gasteiger partial charge in [-0.25, -0.2) is 10.7 Å². The Labute approximate surface area is 70.8 Å². The Hall–Kier alpha value is -0.810. The van der Waals surface area contributed by atoms with Gasteiger partial charge in [0.2, 0.25) is 0 Å². The van der Waals surface area contributed by atoms with Crippen LogP contribution in [0.25, 0.3) is 0 Å². The van der Waals surface area contributed by atoms with E-state index < -0.39 is 6.09 Å². The van der Waals surface area contributed by atoms with E-state index in [1.165, 1.54) is 0 Å². The van der Waals surface area contributed by atoms with Crippen molar-refractivity contribution in [3.63, 3.8) is 0 Å². The first-order valence-corrected chi connectivity index (χ1v) is 4.04. The summed E-state index contributed by atoms with van der Waals surface area (Å²) in [6.07, 6.45) is 1.93. The highest BCUT2D eigenvalue weighted by molar-refractivity contribution is 5.64. The maximum atomic E-state index is 10.1. The van der Waals surface area contributed by atoms with Gasteiger partial charge in [-0.05, 0) is 25.2 Å². The third-order valence-electron chi connectivity index (χ3n) is 2.23. The number of rotatable bonds is 3. The Kier molecular flexibility index (Phi) is 3.31. The van der Waals surface area contributed by atoms with E-state index in [2.05, 4.69) is 10.2 Å². The summed E-state index contributed by atoms with van der Waals surface area (Å²) in [4.78, 5) is 14.8. The minimum absolute atomic E-state index is 0.116. The van der Waals surface area contributed by atoms with Gasteiger partial charge < -0.3 is 15.3 Å². The first kappa shape index (κ1) is 9.28. The molecule has 12 heavy (non-hydrogen) atoms. The van der Waals surface area contributed by atoms with E-state index in [1.807, 2.05) is 0 Å². The van der Waals surface area contributed by atoms with Crippen molar-refractivity contribution in [2.45, 2.75) is 25.4 Å². The summed E-state index contributed by atoms with van der Waals surface area (Å²) in [6, 6.07) is 0. The second-order valence-electron chi connectivity index (χ2n) is 3.12. The minimum atomic E-state index is -0.966. The smallest absolute Gasteiger partial charge is 0.404 e. The van der Waals surface area contributed by atoms with Crippen LogP contribution >= 0.6 is 0 Å². The minimum Gasteiger partial charge on any atom is -0.465 e. The molecule has 0 aliphatic heterocycles. The Balaban J connectivity index is 2.15. The van der Waals surface area contributed by atoms with Gasteiger partial charge in [0, 0.05) is 6.54 Å². The molecular weight excluding hydrogens is 160 g/mol. The molecular formula is C7H14N2O3. The van der Waals surface area contributed by atoms with Gasteiger partial charge in [0.15, 0.2) is 0 Å². The van der Waals surface area contributed by atoms with Crippen LogP contribution in [0.3, 0.4) is 0 Å². The zero-order chi connectivity index (χ0) is 8.97. The van der Waals surface area contributed by atoms with Crippen LogP contribution in [0.1, 0.15) is 19.3 Å². The van der Waals surface area contributed by atoms with Crippen LogP contribution in [0.4, 0.5) is 4.79 Å². The summed E-state index contributed by atoms with van der Waals surface area (Å²) >= 11 is 0. The number of nitrogens with one attached hydrogen (secondary N) is 1. The van der Waals surface area contributed by atoms with Crippen molar-refractivity contribution in [2.24, 2.45) is 11.8 Å². The molecule has 2 atom stereocenters. The van der Waals surface area contributed by atoms with Crippen molar-refractivity contribution >= 4 is 6.09 Å². The standard InChI is InChI=1S/C7H14N2O3/c8-12-6-2-1-5(3-6)4-9-7(10)11/h5-6,9H,1-4,8H2,(H,10,11)/t5-,6-/m0/s1. The SMILES string of the molecule is NO[C@H]1CC[C@H](CNC(=O)O)C1. The van der Waals surface area contributed by atoms with Crippen molar-refractivity contribution in [2.75, 3.05) is 6.54 Å². The number of hydrogen-bond donors (Lipinski definition) is 3. The summed E-state index contributed by atoms with van der Waals surface area (Å²) in [6.45, 7) is 0.509. The number of amides is 1. The summed E-state index contributed by atoms with van der Waals surface area (Å²) in [5.74, 6) is 5.40. The number of carbonyl (C=O) groups is 1. The summed E-state index contributed by atoms with van der Waals surface area (Å²) in [7, 11) is 0. The molecule has 0 heterocycles. The Morgan fingerprint density at radius 1 is 1.67 bits per heavy atom. The van der Waals surface area contributed by atoms with Crippen molar-refractivity contribution < 1.29 is 14.7 Å². The molecule has 0 bridgehead atoms. The molecule has 1 saturated carbocycles. The lowest BCUT2D eigenvalue weighted by atomic mass is 10.1. The highest BCUT2D eigenvalue weighted by atomic mass is 16.6. The van der Waals surface area contributed by atoms with Crippen molar-refractivity contribution in [3.05, 3.63) is 0 Å². The fraction of sp³-hybridized carbons (Fsp3) is 0.857. The molecule has 0 aromatic rings. The molecule has 0 saturated heterocycles. The van der Waals surface area contributed by atoms with Gasteiger partial charge >= 0.3 is 6.09 Å². The summed E-state index contributed by atoms with van der Waals surface area (Å²) in [5, 5.41) is 10.7. The van der Waals surface area contributed by atoms with Gasteiger partial charge in [0.1, 0.15) is 0 Å². The van der Waals surface area contributed by atoms with Crippen molar-refractivity contribution in [1.82, 2.24) is 5.32 Å². The molecule has 0 spiro atoms. The van der Waals surface area contributed by atoms with Gasteiger partial charge in [-0.2, -0.15) is 0 Å². The zero-order valence-electron chi connectivity index (χ0n) is 6.82. The molecule has 0 unspecified atom stereocenters.